The second kappa shape index (κ2) is 18.1. The molecule has 3 aromatic carbocycles. The van der Waals surface area contributed by atoms with Crippen LogP contribution in [0.4, 0.5) is 11.4 Å². The predicted octanol–water partition coefficient (Wildman–Crippen LogP) is 6.94. The first-order chi connectivity index (χ1) is 29.8. The van der Waals surface area contributed by atoms with E-state index in [9.17, 15) is 29.2 Å². The fourth-order valence-corrected chi connectivity index (χ4v) is 10.8. The Labute approximate surface area is 368 Å². The summed E-state index contributed by atoms with van der Waals surface area (Å²) in [6.45, 7) is 10.4. The number of amides is 5. The van der Waals surface area contributed by atoms with E-state index < -0.39 is 29.7 Å². The van der Waals surface area contributed by atoms with Crippen molar-refractivity contribution in [3.63, 3.8) is 0 Å². The number of nitrogens with one attached hydrogen (secondary N) is 3. The molecule has 62 heavy (non-hydrogen) atoms. The molecule has 13 nitrogen and oxygen atoms in total. The van der Waals surface area contributed by atoms with Gasteiger partial charge in [-0.05, 0) is 117 Å². The molecule has 3 aromatic rings. The van der Waals surface area contributed by atoms with E-state index in [-0.39, 0.29) is 52.9 Å². The summed E-state index contributed by atoms with van der Waals surface area (Å²) in [6, 6.07) is 19.6. The molecule has 326 valence electrons. The van der Waals surface area contributed by atoms with Crippen LogP contribution in [0.1, 0.15) is 121 Å². The predicted molar refractivity (Wildman–Crippen MR) is 236 cm³/mol. The molecule has 5 aliphatic rings. The number of benzene rings is 3. The van der Waals surface area contributed by atoms with Crippen LogP contribution in [0, 0.1) is 22.2 Å². The van der Waals surface area contributed by atoms with Gasteiger partial charge in [0.2, 0.25) is 11.8 Å². The summed E-state index contributed by atoms with van der Waals surface area (Å²) in [6.07, 6.45) is 9.47. The van der Waals surface area contributed by atoms with Crippen molar-refractivity contribution in [3.8, 4) is 11.8 Å². The molecule has 8 rings (SSSR count). The number of piperazine rings is 1. The molecule has 3 N–H and O–H groups in total. The van der Waals surface area contributed by atoms with Crippen molar-refractivity contribution in [2.45, 2.75) is 103 Å². The minimum atomic E-state index is -0.966. The smallest absolute Gasteiger partial charge is 0.262 e. The number of nitriles is 1. The van der Waals surface area contributed by atoms with Crippen LogP contribution in [0.3, 0.4) is 0 Å². The van der Waals surface area contributed by atoms with Gasteiger partial charge in [0.05, 0.1) is 27.8 Å². The van der Waals surface area contributed by atoms with Crippen LogP contribution in [-0.4, -0.2) is 96.8 Å². The first kappa shape index (κ1) is 43.2. The molecule has 14 heteroatoms. The fraction of sp³-hybridized carbons (Fsp3) is 0.500. The van der Waals surface area contributed by atoms with E-state index in [1.54, 1.807) is 30.3 Å². The highest BCUT2D eigenvalue weighted by Crippen LogP contribution is 2.63. The average molecular weight is 862 g/mol. The van der Waals surface area contributed by atoms with Gasteiger partial charge in [0, 0.05) is 68.2 Å². The zero-order valence-corrected chi connectivity index (χ0v) is 36.4. The van der Waals surface area contributed by atoms with E-state index in [0.717, 1.165) is 107 Å². The molecule has 0 spiro atoms. The second-order valence-electron chi connectivity index (χ2n) is 18.4. The molecule has 2 saturated heterocycles. The number of piperidine rings is 1. The maximum Gasteiger partial charge on any atom is 0.262 e. The van der Waals surface area contributed by atoms with Crippen molar-refractivity contribution in [1.82, 2.24) is 20.4 Å². The summed E-state index contributed by atoms with van der Waals surface area (Å²) in [5.41, 5.74) is 3.70. The lowest BCUT2D eigenvalue weighted by Crippen LogP contribution is -2.54. The summed E-state index contributed by atoms with van der Waals surface area (Å²) < 4.78 is 6.34. The summed E-state index contributed by atoms with van der Waals surface area (Å²) in [5, 5.41) is 18.5. The number of carbonyl (C=O) groups is 5. The Balaban J connectivity index is 0.693. The van der Waals surface area contributed by atoms with Gasteiger partial charge in [0.15, 0.2) is 0 Å². The van der Waals surface area contributed by atoms with E-state index in [1.807, 2.05) is 18.2 Å². The number of hydrogen-bond donors (Lipinski definition) is 3. The van der Waals surface area contributed by atoms with Gasteiger partial charge in [-0.25, -0.2) is 0 Å². The summed E-state index contributed by atoms with van der Waals surface area (Å²) in [4.78, 5) is 69.3. The fourth-order valence-electron chi connectivity index (χ4n) is 10.6. The first-order valence-corrected chi connectivity index (χ1v) is 22.5. The molecule has 2 saturated carbocycles. The lowest BCUT2D eigenvalue weighted by atomic mass is 9.71. The zero-order valence-electron chi connectivity index (χ0n) is 35.6. The zero-order chi connectivity index (χ0) is 43.6. The maximum absolute atomic E-state index is 13.4. The van der Waals surface area contributed by atoms with Crippen LogP contribution in [0.25, 0.3) is 0 Å². The van der Waals surface area contributed by atoms with E-state index in [2.05, 4.69) is 57.8 Å². The summed E-state index contributed by atoms with van der Waals surface area (Å²) in [5.74, 6) is -1.33. The number of imide groups is 2. The maximum atomic E-state index is 13.4. The van der Waals surface area contributed by atoms with Crippen molar-refractivity contribution in [2.75, 3.05) is 49.5 Å². The molecule has 0 bridgehead atoms. The quantitative estimate of drug-likeness (QED) is 0.108. The number of hydrogen-bond acceptors (Lipinski definition) is 10. The normalized spacial score (nSPS) is 25.9. The number of rotatable bonds is 15. The third-order valence-electron chi connectivity index (χ3n) is 14.2. The number of nitrogens with zero attached hydrogens (tertiary/aromatic N) is 4. The van der Waals surface area contributed by atoms with Gasteiger partial charge >= 0.3 is 0 Å². The number of ether oxygens (including phenoxy) is 1. The topological polar surface area (TPSA) is 164 Å². The van der Waals surface area contributed by atoms with Gasteiger partial charge in [-0.3, -0.25) is 39.1 Å². The molecule has 2 aliphatic carbocycles. The van der Waals surface area contributed by atoms with Crippen molar-refractivity contribution in [3.05, 3.63) is 87.9 Å². The van der Waals surface area contributed by atoms with Crippen LogP contribution in [0.5, 0.6) is 5.75 Å². The van der Waals surface area contributed by atoms with E-state index in [0.29, 0.717) is 21.9 Å². The molecule has 0 radical (unpaired) electrons. The van der Waals surface area contributed by atoms with E-state index >= 15 is 0 Å². The Kier molecular flexibility index (Phi) is 12.6. The van der Waals surface area contributed by atoms with Crippen LogP contribution < -0.4 is 25.6 Å². The second-order valence-corrected chi connectivity index (χ2v) is 18.8. The minimum absolute atomic E-state index is 0.0214. The Morgan fingerprint density at radius 3 is 2.24 bits per heavy atom. The molecule has 3 aliphatic heterocycles. The Hall–Kier alpha value is -5.45. The van der Waals surface area contributed by atoms with Gasteiger partial charge in [-0.15, -0.1) is 0 Å². The van der Waals surface area contributed by atoms with Crippen molar-refractivity contribution < 1.29 is 28.7 Å². The number of unbranched alkanes of at least 4 members (excludes halogenated alkanes) is 4. The molecule has 0 aromatic heterocycles. The van der Waals surface area contributed by atoms with Gasteiger partial charge < -0.3 is 20.3 Å². The Bertz CT molecular complexity index is 2250. The molecule has 5 amide bonds. The number of halogens is 1. The first-order valence-electron chi connectivity index (χ1n) is 22.2. The van der Waals surface area contributed by atoms with Gasteiger partial charge in [-0.2, -0.15) is 5.26 Å². The number of carbonyl (C=O) groups excluding carboxylic acids is 5. The van der Waals surface area contributed by atoms with Crippen molar-refractivity contribution >= 4 is 52.5 Å². The number of fused-ring (bicyclic) bond motifs is 2. The minimum Gasteiger partial charge on any atom is -0.490 e. The van der Waals surface area contributed by atoms with Crippen LogP contribution in [0.15, 0.2) is 60.7 Å². The molecule has 4 fully saturated rings. The Morgan fingerprint density at radius 1 is 0.855 bits per heavy atom. The highest BCUT2D eigenvalue weighted by molar-refractivity contribution is 6.31. The molecule has 3 heterocycles. The highest BCUT2D eigenvalue weighted by atomic mass is 35.5. The Morgan fingerprint density at radius 2 is 1.55 bits per heavy atom. The third kappa shape index (κ3) is 9.04. The van der Waals surface area contributed by atoms with E-state index in [4.69, 9.17) is 16.3 Å². The third-order valence-corrected chi connectivity index (χ3v) is 14.5. The monoisotopic (exact) mass is 861 g/mol. The molecular formula is C48H56ClN7O6. The largest absolute Gasteiger partial charge is 0.490 e. The van der Waals surface area contributed by atoms with Gasteiger partial charge in [0.25, 0.3) is 17.7 Å². The standard InChI is InChI=1S/C48H56ClN7O6/c1-47-26-34(27-48(47,2)29-37(28-47)62-36-14-10-32(30-50)40(49)25-36)52-43(58)31-8-12-35(13-9-31)55-22-20-54(21-23-55)19-7-5-3-4-6-18-51-33-11-15-38-39(24-33)46(61)56(45(38)60)41-16-17-42(57)53-44(41)59/h8-15,24-25,34,37,41,51H,3-7,16-23,26-29H2,1-2H3,(H,52,58)(H,53,57,59). The van der Waals surface area contributed by atoms with Gasteiger partial charge in [0.1, 0.15) is 17.9 Å². The lowest BCUT2D eigenvalue weighted by molar-refractivity contribution is -0.136. The average Bonchev–Trinajstić information content (AvgIpc) is 3.74. The van der Waals surface area contributed by atoms with Crippen molar-refractivity contribution in [2.24, 2.45) is 10.8 Å². The highest BCUT2D eigenvalue weighted by Gasteiger charge is 2.59. The molecule has 3 unspecified atom stereocenters. The molecule has 3 atom stereocenters. The lowest BCUT2D eigenvalue weighted by Gasteiger charge is -2.36. The van der Waals surface area contributed by atoms with Crippen LogP contribution in [0.2, 0.25) is 5.02 Å². The van der Waals surface area contributed by atoms with E-state index in [1.165, 1.54) is 6.42 Å². The van der Waals surface area contributed by atoms with Crippen LogP contribution >= 0.6 is 11.6 Å². The summed E-state index contributed by atoms with van der Waals surface area (Å²) >= 11 is 6.24. The van der Waals surface area contributed by atoms with Gasteiger partial charge in [-0.1, -0.05) is 44.7 Å². The summed E-state index contributed by atoms with van der Waals surface area (Å²) in [7, 11) is 0. The SMILES string of the molecule is CC12CC(NC(=O)c3ccc(N4CCN(CCCCCCCNc5ccc6c(c5)C(=O)N(C5CCC(=O)NC5=O)C6=O)CC4)cc3)CC1(C)CC(Oc1ccc(C#N)c(Cl)c1)C2. The van der Waals surface area contributed by atoms with Crippen molar-refractivity contribution in [1.29, 1.82) is 5.26 Å². The van der Waals surface area contributed by atoms with Crippen LogP contribution in [-0.2, 0) is 9.59 Å². The number of anilines is 2. The molecular weight excluding hydrogens is 806 g/mol.